The molecule has 4 aromatic heterocycles. The summed E-state index contributed by atoms with van der Waals surface area (Å²) in [4.78, 5) is 22.6. The number of rotatable bonds is 5. The van der Waals surface area contributed by atoms with Crippen LogP contribution in [0.15, 0.2) is 55.1 Å². The standard InChI is InChI=1S/C22H22N8/c1-14-2-3-19(26-11-14)29-20-10-15(4-9-25-20)21-28-18-13-24-8-6-17(18)22(30-21)27-16-5-7-23-12-16/h2-4,6,8-11,13,16,23H,5,7,12H2,1H3,(H,25,26,29)(H,27,28,30). The van der Waals surface area contributed by atoms with Gasteiger partial charge in [0.2, 0.25) is 0 Å². The van der Waals surface area contributed by atoms with Crippen LogP contribution in [0.25, 0.3) is 22.3 Å². The van der Waals surface area contributed by atoms with Gasteiger partial charge < -0.3 is 16.0 Å². The largest absolute Gasteiger partial charge is 0.365 e. The molecule has 150 valence electrons. The van der Waals surface area contributed by atoms with Gasteiger partial charge in [-0.3, -0.25) is 4.98 Å². The number of anilines is 3. The van der Waals surface area contributed by atoms with Crippen molar-refractivity contribution in [3.63, 3.8) is 0 Å². The molecule has 8 heteroatoms. The van der Waals surface area contributed by atoms with E-state index in [4.69, 9.17) is 9.97 Å². The smallest absolute Gasteiger partial charge is 0.162 e. The van der Waals surface area contributed by atoms with Crippen molar-refractivity contribution in [1.82, 2.24) is 30.2 Å². The Hall–Kier alpha value is -3.65. The van der Waals surface area contributed by atoms with Gasteiger partial charge in [-0.25, -0.2) is 19.9 Å². The molecule has 3 N–H and O–H groups in total. The zero-order valence-corrected chi connectivity index (χ0v) is 16.6. The van der Waals surface area contributed by atoms with Crippen molar-refractivity contribution in [3.05, 3.63) is 60.7 Å². The molecule has 4 aromatic rings. The summed E-state index contributed by atoms with van der Waals surface area (Å²) in [6.45, 7) is 3.95. The Labute approximate surface area is 174 Å². The predicted octanol–water partition coefficient (Wildman–Crippen LogP) is 3.31. The molecule has 0 saturated carbocycles. The topological polar surface area (TPSA) is 101 Å². The number of aryl methyl sites for hydroxylation is 1. The van der Waals surface area contributed by atoms with Crippen molar-refractivity contribution in [2.45, 2.75) is 19.4 Å². The molecule has 0 radical (unpaired) electrons. The number of hydrogen-bond donors (Lipinski definition) is 3. The van der Waals surface area contributed by atoms with Gasteiger partial charge in [0, 0.05) is 42.1 Å². The first-order valence-corrected chi connectivity index (χ1v) is 10.00. The van der Waals surface area contributed by atoms with Crippen LogP contribution in [-0.4, -0.2) is 44.1 Å². The average molecular weight is 398 g/mol. The third-order valence-corrected chi connectivity index (χ3v) is 5.09. The van der Waals surface area contributed by atoms with E-state index >= 15 is 0 Å². The van der Waals surface area contributed by atoms with Crippen molar-refractivity contribution in [2.24, 2.45) is 0 Å². The number of aromatic nitrogens is 5. The summed E-state index contributed by atoms with van der Waals surface area (Å²) < 4.78 is 0. The summed E-state index contributed by atoms with van der Waals surface area (Å²) in [6, 6.07) is 10.1. The van der Waals surface area contributed by atoms with Crippen LogP contribution in [0.4, 0.5) is 17.5 Å². The SMILES string of the molecule is Cc1ccc(Nc2cc(-c3nc(NC4CCNC4)c4ccncc4n3)ccn2)nc1. The Morgan fingerprint density at radius 2 is 1.97 bits per heavy atom. The van der Waals surface area contributed by atoms with E-state index in [1.165, 1.54) is 0 Å². The monoisotopic (exact) mass is 398 g/mol. The van der Waals surface area contributed by atoms with Gasteiger partial charge in [0.15, 0.2) is 5.82 Å². The third-order valence-electron chi connectivity index (χ3n) is 5.09. The summed E-state index contributed by atoms with van der Waals surface area (Å²) in [5.74, 6) is 2.89. The molecule has 5 heterocycles. The van der Waals surface area contributed by atoms with Crippen LogP contribution < -0.4 is 16.0 Å². The first kappa shape index (κ1) is 18.4. The van der Waals surface area contributed by atoms with E-state index in [0.717, 1.165) is 53.2 Å². The van der Waals surface area contributed by atoms with E-state index in [0.29, 0.717) is 17.7 Å². The van der Waals surface area contributed by atoms with Gasteiger partial charge in [0.1, 0.15) is 17.5 Å². The first-order valence-electron chi connectivity index (χ1n) is 10.00. The van der Waals surface area contributed by atoms with Crippen LogP contribution in [0.1, 0.15) is 12.0 Å². The van der Waals surface area contributed by atoms with Gasteiger partial charge in [-0.2, -0.15) is 0 Å². The van der Waals surface area contributed by atoms with Crippen LogP contribution in [0, 0.1) is 6.92 Å². The van der Waals surface area contributed by atoms with E-state index in [1.54, 1.807) is 18.6 Å². The third kappa shape index (κ3) is 3.90. The summed E-state index contributed by atoms with van der Waals surface area (Å²) in [6.07, 6.45) is 8.18. The van der Waals surface area contributed by atoms with Gasteiger partial charge in [-0.1, -0.05) is 6.07 Å². The highest BCUT2D eigenvalue weighted by Gasteiger charge is 2.17. The molecular weight excluding hydrogens is 376 g/mol. The second-order valence-corrected chi connectivity index (χ2v) is 7.40. The molecule has 8 nitrogen and oxygen atoms in total. The molecule has 1 atom stereocenters. The molecule has 0 bridgehead atoms. The average Bonchev–Trinajstić information content (AvgIpc) is 3.29. The number of pyridine rings is 3. The molecular formula is C22H22N8. The van der Waals surface area contributed by atoms with E-state index in [-0.39, 0.29) is 0 Å². The lowest BCUT2D eigenvalue weighted by Crippen LogP contribution is -2.23. The Morgan fingerprint density at radius 1 is 1.00 bits per heavy atom. The summed E-state index contributed by atoms with van der Waals surface area (Å²) in [5, 5.41) is 11.2. The number of nitrogens with zero attached hydrogens (tertiary/aromatic N) is 5. The molecule has 1 aliphatic heterocycles. The highest BCUT2D eigenvalue weighted by Crippen LogP contribution is 2.26. The molecule has 1 fully saturated rings. The maximum atomic E-state index is 4.85. The fourth-order valence-electron chi connectivity index (χ4n) is 3.50. The van der Waals surface area contributed by atoms with Gasteiger partial charge in [0.25, 0.3) is 0 Å². The molecule has 1 saturated heterocycles. The van der Waals surface area contributed by atoms with Crippen molar-refractivity contribution < 1.29 is 0 Å². The Balaban J connectivity index is 1.50. The quantitative estimate of drug-likeness (QED) is 0.471. The van der Waals surface area contributed by atoms with E-state index < -0.39 is 0 Å². The van der Waals surface area contributed by atoms with E-state index in [1.807, 2.05) is 43.5 Å². The van der Waals surface area contributed by atoms with Crippen LogP contribution in [-0.2, 0) is 0 Å². The van der Waals surface area contributed by atoms with Gasteiger partial charge in [-0.05, 0) is 49.7 Å². The van der Waals surface area contributed by atoms with E-state index in [2.05, 4.69) is 30.9 Å². The number of nitrogens with one attached hydrogen (secondary N) is 3. The summed E-state index contributed by atoms with van der Waals surface area (Å²) in [7, 11) is 0. The molecule has 0 aromatic carbocycles. The van der Waals surface area contributed by atoms with Crippen molar-refractivity contribution in [3.8, 4) is 11.4 Å². The predicted molar refractivity (Wildman–Crippen MR) is 118 cm³/mol. The lowest BCUT2D eigenvalue weighted by molar-refractivity contribution is 0.789. The molecule has 1 aliphatic rings. The zero-order valence-electron chi connectivity index (χ0n) is 16.6. The lowest BCUT2D eigenvalue weighted by atomic mass is 10.2. The van der Waals surface area contributed by atoms with Gasteiger partial charge >= 0.3 is 0 Å². The highest BCUT2D eigenvalue weighted by atomic mass is 15.1. The van der Waals surface area contributed by atoms with Gasteiger partial charge in [-0.15, -0.1) is 0 Å². The van der Waals surface area contributed by atoms with Crippen molar-refractivity contribution in [2.75, 3.05) is 23.7 Å². The summed E-state index contributed by atoms with van der Waals surface area (Å²) >= 11 is 0. The van der Waals surface area contributed by atoms with Crippen LogP contribution in [0.3, 0.4) is 0 Å². The van der Waals surface area contributed by atoms with Gasteiger partial charge in [0.05, 0.1) is 11.7 Å². The second-order valence-electron chi connectivity index (χ2n) is 7.40. The maximum absolute atomic E-state index is 4.85. The van der Waals surface area contributed by atoms with Crippen molar-refractivity contribution in [1.29, 1.82) is 0 Å². The minimum absolute atomic E-state index is 0.353. The van der Waals surface area contributed by atoms with Crippen molar-refractivity contribution >= 4 is 28.4 Å². The Bertz CT molecular complexity index is 1170. The normalized spacial score (nSPS) is 16.0. The molecule has 0 spiro atoms. The van der Waals surface area contributed by atoms with Crippen LogP contribution in [0.5, 0.6) is 0 Å². The fraction of sp³-hybridized carbons (Fsp3) is 0.227. The fourth-order valence-corrected chi connectivity index (χ4v) is 3.50. The molecule has 0 amide bonds. The lowest BCUT2D eigenvalue weighted by Gasteiger charge is -2.15. The van der Waals surface area contributed by atoms with Crippen LogP contribution >= 0.6 is 0 Å². The van der Waals surface area contributed by atoms with E-state index in [9.17, 15) is 0 Å². The maximum Gasteiger partial charge on any atom is 0.162 e. The zero-order chi connectivity index (χ0) is 20.3. The molecule has 0 aliphatic carbocycles. The molecule has 5 rings (SSSR count). The number of hydrogen-bond acceptors (Lipinski definition) is 8. The second kappa shape index (κ2) is 8.00. The minimum atomic E-state index is 0.353. The van der Waals surface area contributed by atoms with Crippen LogP contribution in [0.2, 0.25) is 0 Å². The Kier molecular flexibility index (Phi) is 4.90. The highest BCUT2D eigenvalue weighted by molar-refractivity contribution is 5.90. The summed E-state index contributed by atoms with van der Waals surface area (Å²) in [5.41, 5.74) is 2.79. The minimum Gasteiger partial charge on any atom is -0.365 e. The molecule has 30 heavy (non-hydrogen) atoms. The molecule has 1 unspecified atom stereocenters. The Morgan fingerprint density at radius 3 is 2.80 bits per heavy atom. The number of fused-ring (bicyclic) bond motifs is 1. The first-order chi connectivity index (χ1) is 14.7.